The first-order valence-electron chi connectivity index (χ1n) is 6.13. The number of amides is 1. The second-order valence-corrected chi connectivity index (χ2v) is 5.76. The van der Waals surface area contributed by atoms with Gasteiger partial charge in [0, 0.05) is 24.5 Å². The minimum atomic E-state index is -1.10. The molecule has 0 aromatic carbocycles. The van der Waals surface area contributed by atoms with Gasteiger partial charge in [-0.25, -0.2) is 9.78 Å². The first-order valence-corrected chi connectivity index (χ1v) is 7.01. The number of thiazole rings is 1. The molecule has 2 heterocycles. The number of carboxylic acids is 1. The number of rotatable bonds is 4. The summed E-state index contributed by atoms with van der Waals surface area (Å²) in [6.45, 7) is 1.54. The average Bonchev–Trinajstić information content (AvgIpc) is 2.95. The maximum atomic E-state index is 12.3. The smallest absolute Gasteiger partial charge is 0.355 e. The molecule has 0 spiro atoms. The van der Waals surface area contributed by atoms with Crippen LogP contribution in [0.1, 0.15) is 33.1 Å². The van der Waals surface area contributed by atoms with Crippen LogP contribution in [0.25, 0.3) is 0 Å². The van der Waals surface area contributed by atoms with E-state index in [1.165, 1.54) is 5.38 Å². The Labute approximate surface area is 115 Å². The number of hydrogen-bond acceptors (Lipinski definition) is 5. The normalized spacial score (nSPS) is 19.1. The third-order valence-electron chi connectivity index (χ3n) is 3.12. The van der Waals surface area contributed by atoms with Gasteiger partial charge in [0.15, 0.2) is 10.7 Å². The van der Waals surface area contributed by atoms with E-state index in [1.807, 2.05) is 19.0 Å². The zero-order valence-corrected chi connectivity index (χ0v) is 11.8. The Morgan fingerprint density at radius 3 is 2.89 bits per heavy atom. The maximum Gasteiger partial charge on any atom is 0.355 e. The Morgan fingerprint density at radius 1 is 1.58 bits per heavy atom. The number of carbonyl (C=O) groups excluding carboxylic acids is 1. The largest absolute Gasteiger partial charge is 0.476 e. The van der Waals surface area contributed by atoms with Gasteiger partial charge < -0.3 is 14.9 Å². The van der Waals surface area contributed by atoms with Crippen molar-refractivity contribution in [1.29, 1.82) is 0 Å². The summed E-state index contributed by atoms with van der Waals surface area (Å²) in [6, 6.07) is 0.194. The number of carbonyl (C=O) groups is 2. The maximum absolute atomic E-state index is 12.3. The van der Waals surface area contributed by atoms with E-state index in [0.29, 0.717) is 0 Å². The van der Waals surface area contributed by atoms with Crippen molar-refractivity contribution >= 4 is 23.2 Å². The summed E-state index contributed by atoms with van der Waals surface area (Å²) in [5.41, 5.74) is -0.0586. The van der Waals surface area contributed by atoms with E-state index < -0.39 is 5.97 Å². The van der Waals surface area contributed by atoms with Gasteiger partial charge in [-0.15, -0.1) is 11.3 Å². The molecule has 104 valence electrons. The van der Waals surface area contributed by atoms with Crippen LogP contribution in [0.15, 0.2) is 5.38 Å². The van der Waals surface area contributed by atoms with Gasteiger partial charge >= 0.3 is 5.97 Å². The van der Waals surface area contributed by atoms with E-state index in [-0.39, 0.29) is 22.7 Å². The third kappa shape index (κ3) is 3.10. The van der Waals surface area contributed by atoms with E-state index in [2.05, 4.69) is 9.88 Å². The molecule has 1 saturated heterocycles. The monoisotopic (exact) mass is 283 g/mol. The van der Waals surface area contributed by atoms with E-state index in [9.17, 15) is 9.59 Å². The van der Waals surface area contributed by atoms with Crippen molar-refractivity contribution in [1.82, 2.24) is 14.8 Å². The number of likely N-dealkylation sites (tertiary alicyclic amines) is 1. The summed E-state index contributed by atoms with van der Waals surface area (Å²) in [5, 5.41) is 10.5. The Hall–Kier alpha value is -1.47. The minimum Gasteiger partial charge on any atom is -0.476 e. The molecule has 1 aromatic heterocycles. The van der Waals surface area contributed by atoms with Gasteiger partial charge in [-0.1, -0.05) is 0 Å². The highest BCUT2D eigenvalue weighted by atomic mass is 32.1. The highest BCUT2D eigenvalue weighted by Gasteiger charge is 2.31. The SMILES string of the molecule is CN(C)CC1CCCN1C(=O)c1nc(C(=O)O)cs1. The highest BCUT2D eigenvalue weighted by Crippen LogP contribution is 2.22. The van der Waals surface area contributed by atoms with Gasteiger partial charge in [0.05, 0.1) is 0 Å². The number of hydrogen-bond donors (Lipinski definition) is 1. The fourth-order valence-electron chi connectivity index (χ4n) is 2.31. The molecule has 0 aliphatic carbocycles. The van der Waals surface area contributed by atoms with Crippen molar-refractivity contribution in [2.75, 3.05) is 27.2 Å². The molecular formula is C12H17N3O3S. The summed E-state index contributed by atoms with van der Waals surface area (Å²) >= 11 is 1.10. The Kier molecular flexibility index (Phi) is 4.16. The minimum absolute atomic E-state index is 0.0586. The second-order valence-electron chi connectivity index (χ2n) is 4.90. The van der Waals surface area contributed by atoms with E-state index in [1.54, 1.807) is 0 Å². The number of aromatic carboxylic acids is 1. The number of nitrogens with zero attached hydrogens (tertiary/aromatic N) is 3. The molecule has 1 fully saturated rings. The lowest BCUT2D eigenvalue weighted by Crippen LogP contribution is -2.41. The fraction of sp³-hybridized carbons (Fsp3) is 0.583. The molecule has 1 atom stereocenters. The van der Waals surface area contributed by atoms with Crippen molar-refractivity contribution in [3.8, 4) is 0 Å². The lowest BCUT2D eigenvalue weighted by molar-refractivity contribution is 0.0691. The highest BCUT2D eigenvalue weighted by molar-refractivity contribution is 7.11. The van der Waals surface area contributed by atoms with Crippen LogP contribution in [0.3, 0.4) is 0 Å². The van der Waals surface area contributed by atoms with Crippen LogP contribution in [-0.4, -0.2) is 65.0 Å². The molecule has 1 unspecified atom stereocenters. The Morgan fingerprint density at radius 2 is 2.32 bits per heavy atom. The van der Waals surface area contributed by atoms with Gasteiger partial charge in [-0.05, 0) is 26.9 Å². The predicted octanol–water partition coefficient (Wildman–Crippen LogP) is 1.01. The predicted molar refractivity (Wildman–Crippen MR) is 71.7 cm³/mol. The van der Waals surface area contributed by atoms with E-state index >= 15 is 0 Å². The summed E-state index contributed by atoms with van der Waals surface area (Å²) in [6.07, 6.45) is 1.97. The van der Waals surface area contributed by atoms with Crippen molar-refractivity contribution in [2.45, 2.75) is 18.9 Å². The number of aromatic nitrogens is 1. The van der Waals surface area contributed by atoms with Crippen LogP contribution >= 0.6 is 11.3 Å². The molecule has 2 rings (SSSR count). The van der Waals surface area contributed by atoms with Crippen LogP contribution < -0.4 is 0 Å². The van der Waals surface area contributed by atoms with Crippen molar-refractivity contribution < 1.29 is 14.7 Å². The zero-order chi connectivity index (χ0) is 14.0. The Bertz CT molecular complexity index is 486. The standard InChI is InChI=1S/C12H17N3O3S/c1-14(2)6-8-4-3-5-15(8)11(16)10-13-9(7-19-10)12(17)18/h7-8H,3-6H2,1-2H3,(H,17,18). The average molecular weight is 283 g/mol. The zero-order valence-electron chi connectivity index (χ0n) is 11.0. The summed E-state index contributed by atoms with van der Waals surface area (Å²) in [5.74, 6) is -1.25. The van der Waals surface area contributed by atoms with E-state index in [0.717, 1.165) is 37.3 Å². The lowest BCUT2D eigenvalue weighted by atomic mass is 10.2. The first-order chi connectivity index (χ1) is 8.99. The van der Waals surface area contributed by atoms with Gasteiger partial charge in [0.1, 0.15) is 0 Å². The van der Waals surface area contributed by atoms with Gasteiger partial charge in [-0.3, -0.25) is 4.79 Å². The van der Waals surface area contributed by atoms with Crippen LogP contribution in [0, 0.1) is 0 Å². The number of likely N-dealkylation sites (N-methyl/N-ethyl adjacent to an activating group) is 1. The third-order valence-corrected chi connectivity index (χ3v) is 3.95. The first kappa shape index (κ1) is 14.0. The van der Waals surface area contributed by atoms with Crippen LogP contribution in [0.5, 0.6) is 0 Å². The second kappa shape index (κ2) is 5.66. The molecular weight excluding hydrogens is 266 g/mol. The summed E-state index contributed by atoms with van der Waals surface area (Å²) in [4.78, 5) is 30.9. The lowest BCUT2D eigenvalue weighted by Gasteiger charge is -2.26. The molecule has 6 nitrogen and oxygen atoms in total. The Balaban J connectivity index is 2.11. The molecule has 1 aliphatic rings. The fourth-order valence-corrected chi connectivity index (χ4v) is 3.05. The molecule has 0 radical (unpaired) electrons. The quantitative estimate of drug-likeness (QED) is 0.892. The topological polar surface area (TPSA) is 73.7 Å². The van der Waals surface area contributed by atoms with Gasteiger partial charge in [-0.2, -0.15) is 0 Å². The molecule has 7 heteroatoms. The summed E-state index contributed by atoms with van der Waals surface area (Å²) < 4.78 is 0. The molecule has 1 amide bonds. The molecule has 19 heavy (non-hydrogen) atoms. The van der Waals surface area contributed by atoms with Crippen molar-refractivity contribution in [2.24, 2.45) is 0 Å². The summed E-state index contributed by atoms with van der Waals surface area (Å²) in [7, 11) is 3.96. The van der Waals surface area contributed by atoms with Crippen LogP contribution in [0.4, 0.5) is 0 Å². The van der Waals surface area contributed by atoms with Crippen molar-refractivity contribution in [3.05, 3.63) is 16.1 Å². The molecule has 1 aliphatic heterocycles. The molecule has 0 saturated carbocycles. The molecule has 1 N–H and O–H groups in total. The van der Waals surface area contributed by atoms with Crippen LogP contribution in [-0.2, 0) is 0 Å². The van der Waals surface area contributed by atoms with Crippen molar-refractivity contribution in [3.63, 3.8) is 0 Å². The number of carboxylic acid groups (broad SMARTS) is 1. The van der Waals surface area contributed by atoms with Gasteiger partial charge in [0.25, 0.3) is 5.91 Å². The molecule has 1 aromatic rings. The van der Waals surface area contributed by atoms with Crippen LogP contribution in [0.2, 0.25) is 0 Å². The van der Waals surface area contributed by atoms with E-state index in [4.69, 9.17) is 5.11 Å². The van der Waals surface area contributed by atoms with Gasteiger partial charge in [0.2, 0.25) is 0 Å². The molecule has 0 bridgehead atoms.